The Bertz CT molecular complexity index is 610. The van der Waals surface area contributed by atoms with Crippen LogP contribution in [0.15, 0.2) is 24.3 Å². The molecule has 0 heterocycles. The van der Waals surface area contributed by atoms with E-state index in [-0.39, 0.29) is 30.2 Å². The number of hydrogen-bond donors (Lipinski definition) is 1. The van der Waals surface area contributed by atoms with Crippen LogP contribution in [0.25, 0.3) is 0 Å². The van der Waals surface area contributed by atoms with E-state index in [0.717, 1.165) is 38.9 Å². The molecule has 25 heavy (non-hydrogen) atoms. The average molecular weight is 357 g/mol. The largest absolute Gasteiger partial charge is 0.467 e. The summed E-state index contributed by atoms with van der Waals surface area (Å²) in [4.78, 5) is 24.1. The van der Waals surface area contributed by atoms with E-state index < -0.39 is 23.8 Å². The van der Waals surface area contributed by atoms with Crippen molar-refractivity contribution in [1.29, 1.82) is 0 Å². The van der Waals surface area contributed by atoms with Gasteiger partial charge < -0.3 is 10.1 Å². The predicted octanol–water partition coefficient (Wildman–Crippen LogP) is 3.49. The number of benzene rings is 1. The Kier molecular flexibility index (Phi) is 6.45. The van der Waals surface area contributed by atoms with Gasteiger partial charge in [-0.15, -0.1) is 0 Å². The van der Waals surface area contributed by atoms with Gasteiger partial charge in [0.2, 0.25) is 5.91 Å². The van der Waals surface area contributed by atoms with Gasteiger partial charge in [0, 0.05) is 12.8 Å². The zero-order valence-electron chi connectivity index (χ0n) is 14.1. The van der Waals surface area contributed by atoms with E-state index in [1.165, 1.54) is 18.2 Å². The van der Waals surface area contributed by atoms with Crippen LogP contribution >= 0.6 is 0 Å². The van der Waals surface area contributed by atoms with E-state index in [1.54, 1.807) is 0 Å². The lowest BCUT2D eigenvalue weighted by atomic mass is 9.99. The molecule has 2 rings (SSSR count). The molecule has 1 fully saturated rings. The van der Waals surface area contributed by atoms with Gasteiger partial charge in [-0.05, 0) is 30.4 Å². The Hall–Kier alpha value is -2.05. The van der Waals surface area contributed by atoms with Crippen molar-refractivity contribution < 1.29 is 27.5 Å². The van der Waals surface area contributed by atoms with Crippen molar-refractivity contribution in [3.05, 3.63) is 35.4 Å². The zero-order chi connectivity index (χ0) is 18.4. The summed E-state index contributed by atoms with van der Waals surface area (Å²) in [6.45, 7) is 0. The molecule has 1 amide bonds. The van der Waals surface area contributed by atoms with Gasteiger partial charge in [0.15, 0.2) is 0 Å². The number of rotatable bonds is 6. The normalized spacial score (nSPS) is 16.5. The third-order valence-corrected chi connectivity index (χ3v) is 4.52. The molecule has 1 N–H and O–H groups in total. The number of halogens is 3. The van der Waals surface area contributed by atoms with Crippen LogP contribution in [0.1, 0.15) is 43.2 Å². The smallest absolute Gasteiger partial charge is 0.416 e. The van der Waals surface area contributed by atoms with Gasteiger partial charge in [-0.3, -0.25) is 4.79 Å². The summed E-state index contributed by atoms with van der Waals surface area (Å²) in [6, 6.07) is 3.89. The van der Waals surface area contributed by atoms with Crippen LogP contribution in [0.2, 0.25) is 0 Å². The number of esters is 1. The first-order valence-electron chi connectivity index (χ1n) is 8.33. The zero-order valence-corrected chi connectivity index (χ0v) is 14.1. The van der Waals surface area contributed by atoms with Crippen LogP contribution < -0.4 is 5.32 Å². The molecule has 1 aliphatic carbocycles. The maximum Gasteiger partial charge on any atom is 0.416 e. The van der Waals surface area contributed by atoms with Crippen molar-refractivity contribution in [2.45, 2.75) is 50.7 Å². The number of carbonyl (C=O) groups excluding carboxylic acids is 2. The molecule has 0 aliphatic heterocycles. The molecule has 0 saturated heterocycles. The highest BCUT2D eigenvalue weighted by Crippen LogP contribution is 2.32. The lowest BCUT2D eigenvalue weighted by Crippen LogP contribution is -2.43. The Morgan fingerprint density at radius 2 is 1.88 bits per heavy atom. The fourth-order valence-corrected chi connectivity index (χ4v) is 3.26. The molecular weight excluding hydrogens is 335 g/mol. The lowest BCUT2D eigenvalue weighted by Gasteiger charge is -2.20. The minimum atomic E-state index is -4.52. The first-order valence-corrected chi connectivity index (χ1v) is 8.33. The molecule has 0 bridgehead atoms. The Morgan fingerprint density at radius 1 is 1.24 bits per heavy atom. The SMILES string of the molecule is COC(=O)[C@H](Cc1ccccc1C(F)(F)F)NC(=O)CC1CCCC1. The highest BCUT2D eigenvalue weighted by molar-refractivity contribution is 5.84. The van der Waals surface area contributed by atoms with Crippen LogP contribution in [0.3, 0.4) is 0 Å². The summed E-state index contributed by atoms with van der Waals surface area (Å²) in [6.07, 6.45) is -0.409. The number of amides is 1. The van der Waals surface area contributed by atoms with Gasteiger partial charge in [-0.2, -0.15) is 13.2 Å². The standard InChI is InChI=1S/C18H22F3NO3/c1-25-17(24)15(22-16(23)10-12-6-2-3-7-12)11-13-8-4-5-9-14(13)18(19,20)21/h4-5,8-9,12,15H,2-3,6-7,10-11H2,1H3,(H,22,23)/t15-/m0/s1. The first kappa shape index (κ1) is 19.3. The monoisotopic (exact) mass is 357 g/mol. The topological polar surface area (TPSA) is 55.4 Å². The summed E-state index contributed by atoms with van der Waals surface area (Å²) < 4.78 is 44.0. The average Bonchev–Trinajstić information content (AvgIpc) is 3.05. The molecule has 0 spiro atoms. The molecule has 1 aromatic carbocycles. The minimum absolute atomic E-state index is 0.0495. The van der Waals surface area contributed by atoms with E-state index in [9.17, 15) is 22.8 Å². The first-order chi connectivity index (χ1) is 11.8. The van der Waals surface area contributed by atoms with Crippen LogP contribution in [-0.4, -0.2) is 25.0 Å². The van der Waals surface area contributed by atoms with Gasteiger partial charge in [0.25, 0.3) is 0 Å². The second-order valence-corrected chi connectivity index (χ2v) is 6.36. The van der Waals surface area contributed by atoms with Crippen molar-refractivity contribution >= 4 is 11.9 Å². The van der Waals surface area contributed by atoms with Crippen molar-refractivity contribution in [3.8, 4) is 0 Å². The molecule has 1 aromatic rings. The van der Waals surface area contributed by atoms with Crippen molar-refractivity contribution in [2.75, 3.05) is 7.11 Å². The van der Waals surface area contributed by atoms with E-state index >= 15 is 0 Å². The number of methoxy groups -OCH3 is 1. The minimum Gasteiger partial charge on any atom is -0.467 e. The fraction of sp³-hybridized carbons (Fsp3) is 0.556. The molecule has 4 nitrogen and oxygen atoms in total. The molecular formula is C18H22F3NO3. The highest BCUT2D eigenvalue weighted by Gasteiger charge is 2.34. The summed E-state index contributed by atoms with van der Waals surface area (Å²) in [5.41, 5.74) is -0.861. The maximum atomic E-state index is 13.1. The van der Waals surface area contributed by atoms with Gasteiger partial charge in [-0.25, -0.2) is 4.79 Å². The van der Waals surface area contributed by atoms with Crippen LogP contribution in [0.5, 0.6) is 0 Å². The number of carbonyl (C=O) groups is 2. The third-order valence-electron chi connectivity index (χ3n) is 4.52. The summed E-state index contributed by atoms with van der Waals surface area (Å²) in [5, 5.41) is 2.54. The van der Waals surface area contributed by atoms with Gasteiger partial charge in [0.05, 0.1) is 12.7 Å². The number of alkyl halides is 3. The molecule has 138 valence electrons. The van der Waals surface area contributed by atoms with Crippen LogP contribution in [-0.2, 0) is 26.9 Å². The highest BCUT2D eigenvalue weighted by atomic mass is 19.4. The summed E-state index contributed by atoms with van der Waals surface area (Å²) in [7, 11) is 1.15. The van der Waals surface area contributed by atoms with Crippen LogP contribution in [0, 0.1) is 5.92 Å². The molecule has 1 saturated carbocycles. The van der Waals surface area contributed by atoms with E-state index in [4.69, 9.17) is 0 Å². The van der Waals surface area contributed by atoms with E-state index in [1.807, 2.05) is 0 Å². The maximum absolute atomic E-state index is 13.1. The van der Waals surface area contributed by atoms with Gasteiger partial charge in [-0.1, -0.05) is 31.0 Å². The molecule has 0 unspecified atom stereocenters. The molecule has 0 radical (unpaired) electrons. The summed E-state index contributed by atoms with van der Waals surface area (Å²) in [5.74, 6) is -0.802. The van der Waals surface area contributed by atoms with Crippen LogP contribution in [0.4, 0.5) is 13.2 Å². The van der Waals surface area contributed by atoms with E-state index in [2.05, 4.69) is 10.1 Å². The lowest BCUT2D eigenvalue weighted by molar-refractivity contribution is -0.145. The van der Waals surface area contributed by atoms with Gasteiger partial charge >= 0.3 is 12.1 Å². The van der Waals surface area contributed by atoms with Crippen molar-refractivity contribution in [2.24, 2.45) is 5.92 Å². The molecule has 0 aromatic heterocycles. The van der Waals surface area contributed by atoms with Crippen molar-refractivity contribution in [3.63, 3.8) is 0 Å². The molecule has 1 aliphatic rings. The van der Waals surface area contributed by atoms with E-state index in [0.29, 0.717) is 0 Å². The molecule has 7 heteroatoms. The predicted molar refractivity (Wildman–Crippen MR) is 85.7 cm³/mol. The van der Waals surface area contributed by atoms with Crippen molar-refractivity contribution in [1.82, 2.24) is 5.32 Å². The Morgan fingerprint density at radius 3 is 2.48 bits per heavy atom. The number of nitrogens with one attached hydrogen (secondary N) is 1. The Balaban J connectivity index is 2.10. The molecule has 1 atom stereocenters. The third kappa shape index (κ3) is 5.47. The fourth-order valence-electron chi connectivity index (χ4n) is 3.26. The summed E-state index contributed by atoms with van der Waals surface area (Å²) >= 11 is 0. The number of ether oxygens (including phenoxy) is 1. The second kappa shape index (κ2) is 8.36. The Labute approximate surface area is 144 Å². The quantitative estimate of drug-likeness (QED) is 0.793. The second-order valence-electron chi connectivity index (χ2n) is 6.36. The number of hydrogen-bond acceptors (Lipinski definition) is 3. The van der Waals surface area contributed by atoms with Gasteiger partial charge in [0.1, 0.15) is 6.04 Å².